The minimum absolute atomic E-state index is 0.178. The first-order valence-corrected chi connectivity index (χ1v) is 14.1. The van der Waals surface area contributed by atoms with E-state index in [1.807, 2.05) is 0 Å². The Morgan fingerprint density at radius 3 is 2.15 bits per heavy atom. The molecule has 3 unspecified atom stereocenters. The molecule has 2 aliphatic rings. The predicted molar refractivity (Wildman–Crippen MR) is 148 cm³/mol. The van der Waals surface area contributed by atoms with Gasteiger partial charge < -0.3 is 9.64 Å². The van der Waals surface area contributed by atoms with E-state index < -0.39 is 11.7 Å². The summed E-state index contributed by atoms with van der Waals surface area (Å²) in [6, 6.07) is 8.90. The third-order valence-corrected chi connectivity index (χ3v) is 8.45. The van der Waals surface area contributed by atoms with Gasteiger partial charge in [-0.3, -0.25) is 14.6 Å². The molecule has 214 valence electrons. The Hall–Kier alpha value is -2.58. The number of piperazine rings is 1. The number of hydrogen-bond donors (Lipinski definition) is 0. The van der Waals surface area contributed by atoms with Crippen molar-refractivity contribution in [2.24, 2.45) is 11.8 Å². The van der Waals surface area contributed by atoms with Gasteiger partial charge in [-0.25, -0.2) is 0 Å². The van der Waals surface area contributed by atoms with E-state index in [4.69, 9.17) is 4.74 Å². The molecule has 3 atom stereocenters. The average Bonchev–Trinajstić information content (AvgIpc) is 2.89. The van der Waals surface area contributed by atoms with E-state index in [1.54, 1.807) is 4.90 Å². The number of carbonyl (C=O) groups is 1. The molecule has 0 N–H and O–H groups in total. The molecule has 0 saturated carbocycles. The van der Waals surface area contributed by atoms with Crippen molar-refractivity contribution in [3.05, 3.63) is 64.2 Å². The fourth-order valence-electron chi connectivity index (χ4n) is 6.18. The largest absolute Gasteiger partial charge is 0.492 e. The Bertz CT molecular complexity index is 1120. The third kappa shape index (κ3) is 7.14. The molecule has 0 radical (unpaired) electrons. The number of halogens is 3. The number of rotatable bonds is 7. The van der Waals surface area contributed by atoms with Crippen LogP contribution in [0.15, 0.2) is 36.4 Å². The molecule has 8 heteroatoms. The van der Waals surface area contributed by atoms with Crippen molar-refractivity contribution in [2.45, 2.75) is 53.3 Å². The van der Waals surface area contributed by atoms with E-state index in [9.17, 15) is 18.0 Å². The second-order valence-corrected chi connectivity index (χ2v) is 11.5. The number of ether oxygens (including phenoxy) is 1. The molecule has 4 rings (SSSR count). The Balaban J connectivity index is 1.30. The molecule has 2 aromatic rings. The smallest absolute Gasteiger partial charge is 0.416 e. The number of likely N-dealkylation sites (tertiary alicyclic amines) is 1. The van der Waals surface area contributed by atoms with Crippen LogP contribution in [0.1, 0.15) is 65.8 Å². The molecule has 5 nitrogen and oxygen atoms in total. The first-order valence-electron chi connectivity index (χ1n) is 14.1. The summed E-state index contributed by atoms with van der Waals surface area (Å²) in [4.78, 5) is 19.5. The zero-order valence-electron chi connectivity index (χ0n) is 23.9. The van der Waals surface area contributed by atoms with Crippen molar-refractivity contribution in [1.82, 2.24) is 14.7 Å². The van der Waals surface area contributed by atoms with Crippen LogP contribution in [0.5, 0.6) is 5.75 Å². The van der Waals surface area contributed by atoms with Crippen molar-refractivity contribution in [1.29, 1.82) is 0 Å². The molecule has 2 fully saturated rings. The Morgan fingerprint density at radius 2 is 1.56 bits per heavy atom. The van der Waals surface area contributed by atoms with Gasteiger partial charge in [-0.05, 0) is 86.1 Å². The lowest BCUT2D eigenvalue weighted by Crippen LogP contribution is -2.49. The number of piperidine rings is 1. The summed E-state index contributed by atoms with van der Waals surface area (Å²) in [7, 11) is 0. The van der Waals surface area contributed by atoms with Crippen molar-refractivity contribution >= 4 is 5.91 Å². The molecule has 2 aliphatic heterocycles. The number of amides is 1. The fraction of sp³-hybridized carbons (Fsp3) is 0.581. The first-order chi connectivity index (χ1) is 18.4. The number of hydrogen-bond acceptors (Lipinski definition) is 4. The normalized spacial score (nSPS) is 22.1. The molecular weight excluding hydrogens is 503 g/mol. The zero-order chi connectivity index (χ0) is 28.3. The van der Waals surface area contributed by atoms with Gasteiger partial charge in [-0.2, -0.15) is 13.2 Å². The monoisotopic (exact) mass is 545 g/mol. The molecule has 0 bridgehead atoms. The number of alkyl halides is 3. The van der Waals surface area contributed by atoms with Crippen LogP contribution in [0.2, 0.25) is 0 Å². The summed E-state index contributed by atoms with van der Waals surface area (Å²) < 4.78 is 44.8. The van der Waals surface area contributed by atoms with Crippen molar-refractivity contribution in [2.75, 3.05) is 52.4 Å². The lowest BCUT2D eigenvalue weighted by molar-refractivity contribution is -0.137. The lowest BCUT2D eigenvalue weighted by atomic mass is 9.92. The standard InChI is InChI=1S/C31H42F3N3O2/c1-21-18-22(2)20-35(19-21)16-17-39-29-11-10-28(23(3)24(29)4)25(5)36-12-14-37(15-13-36)30(38)26-6-8-27(9-7-26)31(32,33)34/h6-11,21-22,25H,12-20H2,1-5H3. The van der Waals surface area contributed by atoms with E-state index in [0.29, 0.717) is 32.8 Å². The van der Waals surface area contributed by atoms with Gasteiger partial charge in [-0.15, -0.1) is 0 Å². The highest BCUT2D eigenvalue weighted by Crippen LogP contribution is 2.32. The van der Waals surface area contributed by atoms with Gasteiger partial charge in [-0.1, -0.05) is 19.9 Å². The molecule has 2 heterocycles. The van der Waals surface area contributed by atoms with E-state index in [2.05, 4.69) is 56.6 Å². The molecule has 1 amide bonds. The minimum Gasteiger partial charge on any atom is -0.492 e. The maximum Gasteiger partial charge on any atom is 0.416 e. The summed E-state index contributed by atoms with van der Waals surface area (Å²) in [5, 5.41) is 0. The number of benzene rings is 2. The summed E-state index contributed by atoms with van der Waals surface area (Å²) in [6.07, 6.45) is -3.10. The summed E-state index contributed by atoms with van der Waals surface area (Å²) in [5.41, 5.74) is 3.18. The zero-order valence-corrected chi connectivity index (χ0v) is 23.9. The van der Waals surface area contributed by atoms with Crippen molar-refractivity contribution in [3.8, 4) is 5.75 Å². The fourth-order valence-corrected chi connectivity index (χ4v) is 6.18. The Labute approximate surface area is 230 Å². The van der Waals surface area contributed by atoms with Crippen LogP contribution in [-0.4, -0.2) is 73.0 Å². The van der Waals surface area contributed by atoms with Crippen LogP contribution >= 0.6 is 0 Å². The van der Waals surface area contributed by atoms with Crippen molar-refractivity contribution in [3.63, 3.8) is 0 Å². The number of carbonyl (C=O) groups excluding carboxylic acids is 1. The molecule has 2 saturated heterocycles. The average molecular weight is 546 g/mol. The third-order valence-electron chi connectivity index (χ3n) is 8.45. The van der Waals surface area contributed by atoms with Gasteiger partial charge in [0.15, 0.2) is 0 Å². The quantitative estimate of drug-likeness (QED) is 0.415. The topological polar surface area (TPSA) is 36.0 Å². The van der Waals surface area contributed by atoms with E-state index in [1.165, 1.54) is 29.7 Å². The van der Waals surface area contributed by atoms with E-state index >= 15 is 0 Å². The molecule has 2 aromatic carbocycles. The maximum atomic E-state index is 12.9. The van der Waals surface area contributed by atoms with Gasteiger partial charge in [0, 0.05) is 57.4 Å². The molecule has 0 aliphatic carbocycles. The predicted octanol–water partition coefficient (Wildman–Crippen LogP) is 6.20. The van der Waals surface area contributed by atoms with Crippen LogP contribution in [0.4, 0.5) is 13.2 Å². The van der Waals surface area contributed by atoms with Crippen LogP contribution in [-0.2, 0) is 6.18 Å². The highest BCUT2D eigenvalue weighted by atomic mass is 19.4. The second-order valence-electron chi connectivity index (χ2n) is 11.5. The van der Waals surface area contributed by atoms with Crippen LogP contribution < -0.4 is 4.74 Å². The van der Waals surface area contributed by atoms with Crippen LogP contribution in [0, 0.1) is 25.7 Å². The SMILES string of the molecule is Cc1c(OCCN2CC(C)CC(C)C2)ccc(C(C)N2CCN(C(=O)c3ccc(C(F)(F)F)cc3)CC2)c1C. The van der Waals surface area contributed by atoms with Crippen LogP contribution in [0.3, 0.4) is 0 Å². The molecule has 0 aromatic heterocycles. The Kier molecular flexibility index (Phi) is 9.27. The van der Waals surface area contributed by atoms with Gasteiger partial charge in [0.05, 0.1) is 5.56 Å². The second kappa shape index (κ2) is 12.3. The van der Waals surface area contributed by atoms with Gasteiger partial charge >= 0.3 is 6.18 Å². The highest BCUT2D eigenvalue weighted by molar-refractivity contribution is 5.94. The summed E-state index contributed by atoms with van der Waals surface area (Å²) >= 11 is 0. The molecule has 39 heavy (non-hydrogen) atoms. The Morgan fingerprint density at radius 1 is 0.949 bits per heavy atom. The maximum absolute atomic E-state index is 12.9. The van der Waals surface area contributed by atoms with E-state index in [0.717, 1.165) is 54.9 Å². The van der Waals surface area contributed by atoms with Gasteiger partial charge in [0.2, 0.25) is 0 Å². The van der Waals surface area contributed by atoms with Crippen LogP contribution in [0.25, 0.3) is 0 Å². The lowest BCUT2D eigenvalue weighted by Gasteiger charge is -2.39. The van der Waals surface area contributed by atoms with Gasteiger partial charge in [0.25, 0.3) is 5.91 Å². The first kappa shape index (κ1) is 29.4. The van der Waals surface area contributed by atoms with Crippen molar-refractivity contribution < 1.29 is 22.7 Å². The van der Waals surface area contributed by atoms with E-state index in [-0.39, 0.29) is 17.5 Å². The number of nitrogens with zero attached hydrogens (tertiary/aromatic N) is 3. The van der Waals surface area contributed by atoms with Gasteiger partial charge in [0.1, 0.15) is 12.4 Å². The summed E-state index contributed by atoms with van der Waals surface area (Å²) in [5.74, 6) is 2.19. The molecular formula is C31H42F3N3O2. The molecule has 0 spiro atoms. The highest BCUT2D eigenvalue weighted by Gasteiger charge is 2.31. The minimum atomic E-state index is -4.41. The summed E-state index contributed by atoms with van der Waals surface area (Å²) in [6.45, 7) is 17.5.